The number of nitrogens with one attached hydrogen (secondary N) is 3. The van der Waals surface area contributed by atoms with Gasteiger partial charge in [0.1, 0.15) is 12.1 Å². The van der Waals surface area contributed by atoms with Crippen molar-refractivity contribution in [2.24, 2.45) is 5.73 Å². The van der Waals surface area contributed by atoms with Crippen molar-refractivity contribution in [1.29, 1.82) is 0 Å². The van der Waals surface area contributed by atoms with Gasteiger partial charge in [0.2, 0.25) is 11.8 Å². The number of nitrogens with two attached hydrogens (primary N) is 1. The number of carbonyl (C=O) groups excluding carboxylic acids is 2. The van der Waals surface area contributed by atoms with Crippen LogP contribution in [-0.2, 0) is 20.8 Å². The number of hydrogen-bond donors (Lipinski definition) is 5. The molecular weight excluding hydrogens is 528 g/mol. The van der Waals surface area contributed by atoms with Crippen molar-refractivity contribution in [2.75, 3.05) is 6.54 Å². The summed E-state index contributed by atoms with van der Waals surface area (Å²) in [6.07, 6.45) is 24.3. The molecule has 6 N–H and O–H groups in total. The predicted octanol–water partition coefficient (Wildman–Crippen LogP) is 6.32. The van der Waals surface area contributed by atoms with Gasteiger partial charge in [-0.25, -0.2) is 4.79 Å². The van der Waals surface area contributed by atoms with E-state index in [0.717, 1.165) is 61.4 Å². The molecule has 0 saturated carbocycles. The highest BCUT2D eigenvalue weighted by Gasteiger charge is 2.27. The standard InChI is InChI=1S/C34H52N4O4/c1-2-3-4-5-6-7-8-9-10-11-12-13-14-15-16-23-32(39)37-31(33(40)38-30(34(41)42)22-19-24-35)25-27-26-36-29-21-18-17-20-28(27)29/h6-7,9-10,17-18,20-21,26,30-31,36H,2-5,8,11-16,19,22-25,35H2,1H3,(H,37,39)(H,38,40)(H,41,42)/b7-6-,10-9-. The number of benzene rings is 1. The summed E-state index contributed by atoms with van der Waals surface area (Å²) >= 11 is 0. The van der Waals surface area contributed by atoms with E-state index in [-0.39, 0.29) is 18.7 Å². The quantitative estimate of drug-likeness (QED) is 0.0774. The number of allylic oxidation sites excluding steroid dienone is 4. The molecule has 0 aliphatic heterocycles. The van der Waals surface area contributed by atoms with Crippen molar-refractivity contribution in [2.45, 2.75) is 115 Å². The van der Waals surface area contributed by atoms with Crippen molar-refractivity contribution in [3.05, 3.63) is 60.3 Å². The van der Waals surface area contributed by atoms with Gasteiger partial charge in [-0.15, -0.1) is 0 Å². The number of carboxylic acid groups (broad SMARTS) is 1. The highest BCUT2D eigenvalue weighted by Crippen LogP contribution is 2.19. The molecule has 0 spiro atoms. The summed E-state index contributed by atoms with van der Waals surface area (Å²) in [4.78, 5) is 40.9. The second kappa shape index (κ2) is 21.3. The molecule has 1 heterocycles. The summed E-state index contributed by atoms with van der Waals surface area (Å²) in [5.41, 5.74) is 7.36. The molecule has 0 radical (unpaired) electrons. The Morgan fingerprint density at radius 2 is 1.57 bits per heavy atom. The normalized spacial score (nSPS) is 13.1. The molecule has 2 amide bonds. The minimum atomic E-state index is -1.11. The Balaban J connectivity index is 1.77. The molecule has 2 rings (SSSR count). The van der Waals surface area contributed by atoms with Crippen LogP contribution in [0.5, 0.6) is 0 Å². The Kier molecular flexibility index (Phi) is 17.7. The summed E-state index contributed by atoms with van der Waals surface area (Å²) < 4.78 is 0. The lowest BCUT2D eigenvalue weighted by molar-refractivity contribution is -0.142. The first-order chi connectivity index (χ1) is 20.5. The number of fused-ring (bicyclic) bond motifs is 1. The van der Waals surface area contributed by atoms with E-state index >= 15 is 0 Å². The number of amides is 2. The monoisotopic (exact) mass is 580 g/mol. The van der Waals surface area contributed by atoms with Gasteiger partial charge in [0.15, 0.2) is 0 Å². The fourth-order valence-electron chi connectivity index (χ4n) is 4.94. The average Bonchev–Trinajstić information content (AvgIpc) is 3.39. The molecule has 2 aromatic rings. The van der Waals surface area contributed by atoms with E-state index in [1.807, 2.05) is 30.5 Å². The highest BCUT2D eigenvalue weighted by molar-refractivity contribution is 5.91. The van der Waals surface area contributed by atoms with Gasteiger partial charge in [0, 0.05) is 29.9 Å². The third-order valence-electron chi connectivity index (χ3n) is 7.42. The molecule has 0 aliphatic rings. The molecule has 42 heavy (non-hydrogen) atoms. The smallest absolute Gasteiger partial charge is 0.326 e. The molecule has 0 saturated heterocycles. The first-order valence-electron chi connectivity index (χ1n) is 15.8. The van der Waals surface area contributed by atoms with Crippen molar-refractivity contribution in [1.82, 2.24) is 15.6 Å². The molecule has 8 heteroatoms. The lowest BCUT2D eigenvalue weighted by Crippen LogP contribution is -2.52. The van der Waals surface area contributed by atoms with E-state index in [0.29, 0.717) is 19.4 Å². The molecule has 8 nitrogen and oxygen atoms in total. The van der Waals surface area contributed by atoms with Crippen molar-refractivity contribution in [3.8, 4) is 0 Å². The Hall–Kier alpha value is -3.39. The molecule has 2 unspecified atom stereocenters. The fourth-order valence-corrected chi connectivity index (χ4v) is 4.94. The lowest BCUT2D eigenvalue weighted by Gasteiger charge is -2.21. The molecule has 0 bridgehead atoms. The third kappa shape index (κ3) is 14.0. The number of para-hydroxylation sites is 1. The second-order valence-electron chi connectivity index (χ2n) is 11.0. The van der Waals surface area contributed by atoms with E-state index < -0.39 is 24.0 Å². The zero-order valence-electron chi connectivity index (χ0n) is 25.4. The third-order valence-corrected chi connectivity index (χ3v) is 7.42. The molecule has 0 fully saturated rings. The van der Waals surface area contributed by atoms with Gasteiger partial charge < -0.3 is 26.5 Å². The van der Waals surface area contributed by atoms with Crippen LogP contribution in [0, 0.1) is 0 Å². The molecular formula is C34H52N4O4. The van der Waals surface area contributed by atoms with Gasteiger partial charge >= 0.3 is 5.97 Å². The van der Waals surface area contributed by atoms with E-state index in [1.165, 1.54) is 25.7 Å². The van der Waals surface area contributed by atoms with Crippen LogP contribution in [0.1, 0.15) is 102 Å². The van der Waals surface area contributed by atoms with E-state index in [2.05, 4.69) is 46.8 Å². The van der Waals surface area contributed by atoms with E-state index in [9.17, 15) is 19.5 Å². The highest BCUT2D eigenvalue weighted by atomic mass is 16.4. The summed E-state index contributed by atoms with van der Waals surface area (Å²) in [6.45, 7) is 2.56. The number of aliphatic carboxylic acids is 1. The van der Waals surface area contributed by atoms with Crippen molar-refractivity contribution < 1.29 is 19.5 Å². The first kappa shape index (κ1) is 34.8. The van der Waals surface area contributed by atoms with Gasteiger partial charge in [-0.05, 0) is 69.5 Å². The van der Waals surface area contributed by atoms with Gasteiger partial charge in [-0.3, -0.25) is 9.59 Å². The van der Waals surface area contributed by atoms with Crippen LogP contribution in [0.3, 0.4) is 0 Å². The second-order valence-corrected chi connectivity index (χ2v) is 11.0. The molecule has 232 valence electrons. The van der Waals surface area contributed by atoms with Crippen LogP contribution in [0.2, 0.25) is 0 Å². The summed E-state index contributed by atoms with van der Waals surface area (Å²) in [7, 11) is 0. The van der Waals surface area contributed by atoms with Gasteiger partial charge in [0.05, 0.1) is 0 Å². The molecule has 0 aliphatic carbocycles. The van der Waals surface area contributed by atoms with Crippen molar-refractivity contribution >= 4 is 28.7 Å². The number of carbonyl (C=O) groups is 3. The zero-order chi connectivity index (χ0) is 30.4. The maximum Gasteiger partial charge on any atom is 0.326 e. The number of unbranched alkanes of at least 4 members (excludes halogenated alkanes) is 8. The number of carboxylic acids is 1. The average molecular weight is 581 g/mol. The van der Waals surface area contributed by atoms with Crippen LogP contribution in [-0.4, -0.2) is 46.5 Å². The number of hydrogen-bond acceptors (Lipinski definition) is 4. The Bertz CT molecular complexity index is 1120. The minimum Gasteiger partial charge on any atom is -0.480 e. The van der Waals surface area contributed by atoms with E-state index in [4.69, 9.17) is 5.73 Å². The Morgan fingerprint density at radius 3 is 2.29 bits per heavy atom. The number of aromatic nitrogens is 1. The molecule has 2 atom stereocenters. The van der Waals surface area contributed by atoms with E-state index in [1.54, 1.807) is 0 Å². The van der Waals surface area contributed by atoms with Crippen LogP contribution in [0.25, 0.3) is 10.9 Å². The fraction of sp³-hybridized carbons (Fsp3) is 0.559. The van der Waals surface area contributed by atoms with Crippen LogP contribution >= 0.6 is 0 Å². The first-order valence-corrected chi connectivity index (χ1v) is 15.8. The maximum absolute atomic E-state index is 13.2. The van der Waals surface area contributed by atoms with Crippen LogP contribution < -0.4 is 16.4 Å². The van der Waals surface area contributed by atoms with Crippen LogP contribution in [0.4, 0.5) is 0 Å². The SMILES string of the molecule is CCCCC/C=C\C/C=C\CCCCCCCC(=O)NC(Cc1c[nH]c2ccccc12)C(=O)NC(CCCN)C(=O)O. The number of H-pyrrole nitrogens is 1. The Morgan fingerprint density at radius 1 is 0.881 bits per heavy atom. The topological polar surface area (TPSA) is 137 Å². The molecule has 1 aromatic carbocycles. The van der Waals surface area contributed by atoms with Gasteiger partial charge in [0.25, 0.3) is 0 Å². The largest absolute Gasteiger partial charge is 0.480 e. The van der Waals surface area contributed by atoms with Gasteiger partial charge in [-0.2, -0.15) is 0 Å². The summed E-state index contributed by atoms with van der Waals surface area (Å²) in [5, 5.41) is 16.0. The van der Waals surface area contributed by atoms with Crippen LogP contribution in [0.15, 0.2) is 54.8 Å². The van der Waals surface area contributed by atoms with Gasteiger partial charge in [-0.1, -0.05) is 81.5 Å². The minimum absolute atomic E-state index is 0.200. The molecule has 1 aromatic heterocycles. The predicted molar refractivity (Wildman–Crippen MR) is 171 cm³/mol. The zero-order valence-corrected chi connectivity index (χ0v) is 25.4. The lowest BCUT2D eigenvalue weighted by atomic mass is 10.0. The summed E-state index contributed by atoms with van der Waals surface area (Å²) in [6, 6.07) is 5.82. The number of rotatable bonds is 23. The maximum atomic E-state index is 13.2. The van der Waals surface area contributed by atoms with Crippen molar-refractivity contribution in [3.63, 3.8) is 0 Å². The summed E-state index contributed by atoms with van der Waals surface area (Å²) in [5.74, 6) is -1.81. The Labute approximate surface area is 251 Å². The number of aromatic amines is 1.